The van der Waals surface area contributed by atoms with Crippen molar-refractivity contribution in [1.82, 2.24) is 10.5 Å². The highest BCUT2D eigenvalue weighted by molar-refractivity contribution is 5.30. The van der Waals surface area contributed by atoms with Crippen LogP contribution in [0.3, 0.4) is 0 Å². The zero-order valence-corrected chi connectivity index (χ0v) is 10.1. The zero-order chi connectivity index (χ0) is 11.4. The fourth-order valence-electron chi connectivity index (χ4n) is 2.30. The summed E-state index contributed by atoms with van der Waals surface area (Å²) in [5.74, 6) is 1.72. The highest BCUT2D eigenvalue weighted by atomic mass is 16.5. The molecule has 16 heavy (non-hydrogen) atoms. The molecule has 0 amide bonds. The summed E-state index contributed by atoms with van der Waals surface area (Å²) in [7, 11) is 1.71. The summed E-state index contributed by atoms with van der Waals surface area (Å²) < 4.78 is 10.4. The van der Waals surface area contributed by atoms with E-state index < -0.39 is 0 Å². The third-order valence-electron chi connectivity index (χ3n) is 3.28. The molecule has 1 unspecified atom stereocenters. The molecule has 1 aromatic rings. The fraction of sp³-hybridized carbons (Fsp3) is 0.750. The second kappa shape index (κ2) is 5.46. The Bertz CT molecular complexity index is 336. The van der Waals surface area contributed by atoms with Crippen molar-refractivity contribution < 1.29 is 9.26 Å². The van der Waals surface area contributed by atoms with Gasteiger partial charge in [0.05, 0.1) is 6.61 Å². The van der Waals surface area contributed by atoms with E-state index in [1.165, 1.54) is 12.0 Å². The second-order valence-electron chi connectivity index (χ2n) is 4.29. The lowest BCUT2D eigenvalue weighted by molar-refractivity contribution is 0.199. The van der Waals surface area contributed by atoms with Gasteiger partial charge >= 0.3 is 0 Å². The molecule has 1 aromatic heterocycles. The highest BCUT2D eigenvalue weighted by Gasteiger charge is 2.28. The third-order valence-corrected chi connectivity index (χ3v) is 3.28. The van der Waals surface area contributed by atoms with Gasteiger partial charge in [-0.1, -0.05) is 12.1 Å². The minimum atomic E-state index is 0.593. The van der Waals surface area contributed by atoms with Crippen molar-refractivity contribution in [2.45, 2.75) is 38.6 Å². The van der Waals surface area contributed by atoms with E-state index in [1.54, 1.807) is 7.11 Å². The predicted molar refractivity (Wildman–Crippen MR) is 61.4 cm³/mol. The first-order valence-corrected chi connectivity index (χ1v) is 6.03. The van der Waals surface area contributed by atoms with Gasteiger partial charge in [0, 0.05) is 31.7 Å². The van der Waals surface area contributed by atoms with Crippen molar-refractivity contribution in [3.8, 4) is 0 Å². The smallest absolute Gasteiger partial charge is 0.143 e. The molecule has 90 valence electrons. The average molecular weight is 224 g/mol. The summed E-state index contributed by atoms with van der Waals surface area (Å²) in [4.78, 5) is 0. The number of methoxy groups -OCH3 is 1. The van der Waals surface area contributed by atoms with E-state index in [4.69, 9.17) is 9.26 Å². The van der Waals surface area contributed by atoms with Gasteiger partial charge in [0.1, 0.15) is 11.5 Å². The lowest BCUT2D eigenvalue weighted by Crippen LogP contribution is -2.19. The van der Waals surface area contributed by atoms with Gasteiger partial charge in [-0.05, 0) is 19.3 Å². The van der Waals surface area contributed by atoms with Gasteiger partial charge < -0.3 is 14.6 Å². The molecule has 0 aliphatic heterocycles. The van der Waals surface area contributed by atoms with Crippen molar-refractivity contribution in [2.75, 3.05) is 20.3 Å². The first kappa shape index (κ1) is 11.6. The predicted octanol–water partition coefficient (Wildman–Crippen LogP) is 1.85. The van der Waals surface area contributed by atoms with Crippen molar-refractivity contribution in [2.24, 2.45) is 0 Å². The number of hydrogen-bond donors (Lipinski definition) is 1. The summed E-state index contributed by atoms with van der Waals surface area (Å²) in [5, 5.41) is 7.46. The topological polar surface area (TPSA) is 47.3 Å². The molecule has 4 nitrogen and oxygen atoms in total. The Balaban J connectivity index is 1.92. The zero-order valence-electron chi connectivity index (χ0n) is 10.1. The Hall–Kier alpha value is -0.870. The van der Waals surface area contributed by atoms with Gasteiger partial charge in [-0.15, -0.1) is 0 Å². The Kier molecular flexibility index (Phi) is 3.96. The second-order valence-corrected chi connectivity index (χ2v) is 4.29. The summed E-state index contributed by atoms with van der Waals surface area (Å²) in [6.45, 7) is 4.59. The van der Waals surface area contributed by atoms with Gasteiger partial charge in [-0.3, -0.25) is 0 Å². The van der Waals surface area contributed by atoms with Crippen LogP contribution in [0, 0.1) is 0 Å². The van der Waals surface area contributed by atoms with Gasteiger partial charge in [-0.2, -0.15) is 0 Å². The number of fused-ring (bicyclic) bond motifs is 1. The molecular formula is C12H20N2O2. The van der Waals surface area contributed by atoms with Crippen LogP contribution in [-0.2, 0) is 17.7 Å². The van der Waals surface area contributed by atoms with Crippen LogP contribution in [-0.4, -0.2) is 25.4 Å². The van der Waals surface area contributed by atoms with Gasteiger partial charge in [0.2, 0.25) is 0 Å². The third kappa shape index (κ3) is 2.28. The van der Waals surface area contributed by atoms with E-state index in [9.17, 15) is 0 Å². The molecule has 1 N–H and O–H groups in total. The van der Waals surface area contributed by atoms with Crippen LogP contribution in [0.4, 0.5) is 0 Å². The molecule has 0 radical (unpaired) electrons. The molecule has 0 aromatic carbocycles. The number of nitrogens with zero attached hydrogens (tertiary/aromatic N) is 1. The van der Waals surface area contributed by atoms with Crippen LogP contribution >= 0.6 is 0 Å². The first-order chi connectivity index (χ1) is 7.86. The molecule has 1 aliphatic rings. The van der Waals surface area contributed by atoms with E-state index in [1.807, 2.05) is 0 Å². The van der Waals surface area contributed by atoms with Crippen molar-refractivity contribution in [3.63, 3.8) is 0 Å². The summed E-state index contributed by atoms with van der Waals surface area (Å²) in [6.07, 6.45) is 3.50. The SMILES string of the molecule is CCC1CCc2c(CNCCOC)noc21. The van der Waals surface area contributed by atoms with Crippen LogP contribution in [0.25, 0.3) is 0 Å². The molecule has 1 atom stereocenters. The van der Waals surface area contributed by atoms with Crippen LogP contribution in [0.15, 0.2) is 4.52 Å². The minimum Gasteiger partial charge on any atom is -0.383 e. The lowest BCUT2D eigenvalue weighted by atomic mass is 10.1. The monoisotopic (exact) mass is 224 g/mol. The first-order valence-electron chi connectivity index (χ1n) is 6.03. The molecule has 0 spiro atoms. The van der Waals surface area contributed by atoms with Crippen LogP contribution < -0.4 is 5.32 Å². The van der Waals surface area contributed by atoms with Gasteiger partial charge in [0.25, 0.3) is 0 Å². The molecule has 0 saturated carbocycles. The van der Waals surface area contributed by atoms with Crippen LogP contribution in [0.2, 0.25) is 0 Å². The van der Waals surface area contributed by atoms with Crippen molar-refractivity contribution in [3.05, 3.63) is 17.0 Å². The number of rotatable bonds is 6. The molecular weight excluding hydrogens is 204 g/mol. The van der Waals surface area contributed by atoms with Crippen molar-refractivity contribution in [1.29, 1.82) is 0 Å². The van der Waals surface area contributed by atoms with E-state index in [2.05, 4.69) is 17.4 Å². The number of nitrogens with one attached hydrogen (secondary N) is 1. The molecule has 4 heteroatoms. The lowest BCUT2D eigenvalue weighted by Gasteiger charge is -2.01. The normalized spacial score (nSPS) is 19.0. The maximum Gasteiger partial charge on any atom is 0.143 e. The molecule has 0 bridgehead atoms. The molecule has 0 saturated heterocycles. The fourth-order valence-corrected chi connectivity index (χ4v) is 2.30. The van der Waals surface area contributed by atoms with Crippen LogP contribution in [0.1, 0.15) is 42.7 Å². The quantitative estimate of drug-likeness (QED) is 0.749. The maximum atomic E-state index is 5.45. The standard InChI is InChI=1S/C12H20N2O2/c1-3-9-4-5-10-11(14-16-12(9)10)8-13-6-7-15-2/h9,13H,3-8H2,1-2H3. The average Bonchev–Trinajstić information content (AvgIpc) is 2.86. The minimum absolute atomic E-state index is 0.593. The van der Waals surface area contributed by atoms with E-state index in [0.717, 1.165) is 44.0 Å². The molecule has 2 rings (SSSR count). The van der Waals surface area contributed by atoms with Crippen LogP contribution in [0.5, 0.6) is 0 Å². The maximum absolute atomic E-state index is 5.45. The molecule has 1 heterocycles. The Morgan fingerprint density at radius 2 is 2.44 bits per heavy atom. The van der Waals surface area contributed by atoms with E-state index in [-0.39, 0.29) is 0 Å². The number of aromatic nitrogens is 1. The Labute approximate surface area is 96.3 Å². The molecule has 1 aliphatic carbocycles. The summed E-state index contributed by atoms with van der Waals surface area (Å²) in [5.41, 5.74) is 2.43. The number of hydrogen-bond acceptors (Lipinski definition) is 4. The van der Waals surface area contributed by atoms with Gasteiger partial charge in [0.15, 0.2) is 0 Å². The summed E-state index contributed by atoms with van der Waals surface area (Å²) >= 11 is 0. The largest absolute Gasteiger partial charge is 0.383 e. The number of ether oxygens (including phenoxy) is 1. The van der Waals surface area contributed by atoms with E-state index in [0.29, 0.717) is 5.92 Å². The highest BCUT2D eigenvalue weighted by Crippen LogP contribution is 2.36. The molecule has 0 fully saturated rings. The Morgan fingerprint density at radius 3 is 3.19 bits per heavy atom. The van der Waals surface area contributed by atoms with Crippen molar-refractivity contribution >= 4 is 0 Å². The Morgan fingerprint density at radius 1 is 1.56 bits per heavy atom. The van der Waals surface area contributed by atoms with Gasteiger partial charge in [-0.25, -0.2) is 0 Å². The van der Waals surface area contributed by atoms with E-state index >= 15 is 0 Å². The summed E-state index contributed by atoms with van der Waals surface area (Å²) in [6, 6.07) is 0.